The highest BCUT2D eigenvalue weighted by Crippen LogP contribution is 2.32. The Morgan fingerprint density at radius 1 is 1.31 bits per heavy atom. The molecular formula is C10H13N5O. The fourth-order valence-corrected chi connectivity index (χ4v) is 2.36. The molecule has 0 radical (unpaired) electrons. The van der Waals surface area contributed by atoms with Crippen LogP contribution in [0.15, 0.2) is 12.7 Å². The molecule has 0 bridgehead atoms. The van der Waals surface area contributed by atoms with Gasteiger partial charge >= 0.3 is 0 Å². The van der Waals surface area contributed by atoms with E-state index in [0.29, 0.717) is 17.0 Å². The van der Waals surface area contributed by atoms with E-state index in [1.807, 2.05) is 4.57 Å². The number of hydrogen-bond acceptors (Lipinski definition) is 5. The van der Waals surface area contributed by atoms with Crippen molar-refractivity contribution in [2.45, 2.75) is 31.4 Å². The maximum Gasteiger partial charge on any atom is 0.165 e. The van der Waals surface area contributed by atoms with Gasteiger partial charge in [-0.15, -0.1) is 0 Å². The van der Waals surface area contributed by atoms with Crippen molar-refractivity contribution in [2.24, 2.45) is 0 Å². The Hall–Kier alpha value is -1.69. The van der Waals surface area contributed by atoms with Crippen LogP contribution in [-0.2, 0) is 0 Å². The van der Waals surface area contributed by atoms with Gasteiger partial charge in [-0.2, -0.15) is 0 Å². The van der Waals surface area contributed by atoms with E-state index in [1.165, 1.54) is 6.33 Å². The van der Waals surface area contributed by atoms with Crippen LogP contribution in [0.3, 0.4) is 0 Å². The number of imidazole rings is 1. The molecule has 0 aliphatic heterocycles. The molecule has 3 N–H and O–H groups in total. The number of hydrogen-bond donors (Lipinski definition) is 2. The number of aliphatic hydroxyl groups excluding tert-OH is 1. The molecule has 3 rings (SSSR count). The van der Waals surface area contributed by atoms with Gasteiger partial charge in [-0.05, 0) is 19.3 Å². The Morgan fingerprint density at radius 2 is 2.19 bits per heavy atom. The zero-order chi connectivity index (χ0) is 11.1. The van der Waals surface area contributed by atoms with Crippen LogP contribution in [0, 0.1) is 0 Å². The number of nitrogens with zero attached hydrogens (tertiary/aromatic N) is 4. The lowest BCUT2D eigenvalue weighted by molar-refractivity contribution is 0.138. The number of rotatable bonds is 1. The Kier molecular flexibility index (Phi) is 2.03. The summed E-state index contributed by atoms with van der Waals surface area (Å²) in [6.45, 7) is 0. The summed E-state index contributed by atoms with van der Waals surface area (Å²) in [7, 11) is 0. The zero-order valence-electron chi connectivity index (χ0n) is 8.74. The number of aliphatic hydroxyl groups is 1. The molecule has 0 spiro atoms. The molecule has 6 nitrogen and oxygen atoms in total. The molecule has 16 heavy (non-hydrogen) atoms. The van der Waals surface area contributed by atoms with Crippen molar-refractivity contribution >= 4 is 17.0 Å². The molecule has 2 heterocycles. The molecule has 1 fully saturated rings. The lowest BCUT2D eigenvalue weighted by Crippen LogP contribution is -2.17. The van der Waals surface area contributed by atoms with Crippen molar-refractivity contribution in [3.63, 3.8) is 0 Å². The standard InChI is InChI=1S/C10H13N5O/c11-9-8-10(13-4-12-9)15(5-14-8)6-2-1-3-7(6)16/h4-7,16H,1-3H2,(H2,11,12,13)/t6-,7-/m0/s1. The molecule has 0 saturated heterocycles. The number of nitrogens with two attached hydrogens (primary N) is 1. The molecule has 2 aromatic rings. The molecule has 2 aromatic heterocycles. The lowest BCUT2D eigenvalue weighted by atomic mass is 10.2. The topological polar surface area (TPSA) is 89.9 Å². The average molecular weight is 219 g/mol. The van der Waals surface area contributed by atoms with Gasteiger partial charge in [-0.25, -0.2) is 15.0 Å². The van der Waals surface area contributed by atoms with Gasteiger partial charge in [0.05, 0.1) is 18.5 Å². The number of fused-ring (bicyclic) bond motifs is 1. The second-order valence-corrected chi connectivity index (χ2v) is 4.15. The predicted molar refractivity (Wildman–Crippen MR) is 58.6 cm³/mol. The van der Waals surface area contributed by atoms with Crippen molar-refractivity contribution < 1.29 is 5.11 Å². The maximum atomic E-state index is 9.87. The van der Waals surface area contributed by atoms with Gasteiger partial charge in [0.15, 0.2) is 11.5 Å². The van der Waals surface area contributed by atoms with Crippen LogP contribution in [0.25, 0.3) is 11.2 Å². The normalized spacial score (nSPS) is 25.3. The smallest absolute Gasteiger partial charge is 0.165 e. The second-order valence-electron chi connectivity index (χ2n) is 4.15. The van der Waals surface area contributed by atoms with Gasteiger partial charge in [0.25, 0.3) is 0 Å². The SMILES string of the molecule is Nc1ncnc2c1ncn2[C@H]1CCC[C@@H]1O. The molecule has 0 amide bonds. The first-order valence-electron chi connectivity index (χ1n) is 5.38. The average Bonchev–Trinajstić information content (AvgIpc) is 2.84. The van der Waals surface area contributed by atoms with Crippen molar-refractivity contribution in [3.05, 3.63) is 12.7 Å². The highest BCUT2D eigenvalue weighted by atomic mass is 16.3. The first kappa shape index (κ1) is 9.53. The molecule has 1 aliphatic carbocycles. The summed E-state index contributed by atoms with van der Waals surface area (Å²) in [6.07, 6.45) is 5.63. The summed E-state index contributed by atoms with van der Waals surface area (Å²) in [5.74, 6) is 0.385. The minimum Gasteiger partial charge on any atom is -0.391 e. The summed E-state index contributed by atoms with van der Waals surface area (Å²) < 4.78 is 1.91. The quantitative estimate of drug-likeness (QED) is 0.728. The lowest BCUT2D eigenvalue weighted by Gasteiger charge is -2.16. The number of aromatic nitrogens is 4. The second kappa shape index (κ2) is 3.41. The summed E-state index contributed by atoms with van der Waals surface area (Å²) in [5.41, 5.74) is 7.03. The molecule has 1 aliphatic rings. The summed E-state index contributed by atoms with van der Waals surface area (Å²) in [6, 6.07) is 0.0688. The van der Waals surface area contributed by atoms with Crippen molar-refractivity contribution in [1.82, 2.24) is 19.5 Å². The minimum atomic E-state index is -0.311. The third-order valence-electron chi connectivity index (χ3n) is 3.19. The summed E-state index contributed by atoms with van der Waals surface area (Å²) in [5, 5.41) is 9.87. The van der Waals surface area contributed by atoms with Gasteiger partial charge in [0, 0.05) is 0 Å². The van der Waals surface area contributed by atoms with Crippen molar-refractivity contribution in [1.29, 1.82) is 0 Å². The highest BCUT2D eigenvalue weighted by molar-refractivity contribution is 5.81. The van der Waals surface area contributed by atoms with Crippen molar-refractivity contribution in [2.75, 3.05) is 5.73 Å². The van der Waals surface area contributed by atoms with E-state index in [9.17, 15) is 5.11 Å². The van der Waals surface area contributed by atoms with Gasteiger partial charge in [-0.1, -0.05) is 0 Å². The van der Waals surface area contributed by atoms with Gasteiger partial charge in [-0.3, -0.25) is 0 Å². The molecular weight excluding hydrogens is 206 g/mol. The number of anilines is 1. The van der Waals surface area contributed by atoms with Gasteiger partial charge in [0.2, 0.25) is 0 Å². The van der Waals surface area contributed by atoms with E-state index < -0.39 is 0 Å². The van der Waals surface area contributed by atoms with Crippen LogP contribution in [0.1, 0.15) is 25.3 Å². The first-order valence-corrected chi connectivity index (χ1v) is 5.38. The van der Waals surface area contributed by atoms with Crippen LogP contribution in [0.5, 0.6) is 0 Å². The van der Waals surface area contributed by atoms with E-state index in [-0.39, 0.29) is 12.1 Å². The van der Waals surface area contributed by atoms with E-state index in [1.54, 1.807) is 6.33 Å². The van der Waals surface area contributed by atoms with E-state index in [4.69, 9.17) is 5.73 Å². The molecule has 84 valence electrons. The van der Waals surface area contributed by atoms with Crippen LogP contribution in [-0.4, -0.2) is 30.7 Å². The third kappa shape index (κ3) is 1.26. The Labute approximate surface area is 92.1 Å². The minimum absolute atomic E-state index is 0.0688. The highest BCUT2D eigenvalue weighted by Gasteiger charge is 2.28. The summed E-state index contributed by atoms with van der Waals surface area (Å²) in [4.78, 5) is 12.3. The summed E-state index contributed by atoms with van der Waals surface area (Å²) >= 11 is 0. The zero-order valence-corrected chi connectivity index (χ0v) is 8.74. The molecule has 0 unspecified atom stereocenters. The molecule has 6 heteroatoms. The monoisotopic (exact) mass is 219 g/mol. The molecule has 0 aromatic carbocycles. The van der Waals surface area contributed by atoms with E-state index >= 15 is 0 Å². The Bertz CT molecular complexity index is 523. The van der Waals surface area contributed by atoms with Crippen LogP contribution < -0.4 is 5.73 Å². The maximum absolute atomic E-state index is 9.87. The van der Waals surface area contributed by atoms with Crippen molar-refractivity contribution in [3.8, 4) is 0 Å². The first-order chi connectivity index (χ1) is 7.77. The number of nitrogen functional groups attached to an aromatic ring is 1. The third-order valence-corrected chi connectivity index (χ3v) is 3.19. The fraction of sp³-hybridized carbons (Fsp3) is 0.500. The van der Waals surface area contributed by atoms with Gasteiger partial charge in [0.1, 0.15) is 11.8 Å². The van der Waals surface area contributed by atoms with Gasteiger partial charge < -0.3 is 15.4 Å². The van der Waals surface area contributed by atoms with E-state index in [0.717, 1.165) is 19.3 Å². The largest absolute Gasteiger partial charge is 0.391 e. The molecule has 2 atom stereocenters. The predicted octanol–water partition coefficient (Wildman–Crippen LogP) is 0.494. The van der Waals surface area contributed by atoms with Crippen LogP contribution in [0.2, 0.25) is 0 Å². The fourth-order valence-electron chi connectivity index (χ4n) is 2.36. The molecule has 1 saturated carbocycles. The van der Waals surface area contributed by atoms with Crippen LogP contribution in [0.4, 0.5) is 5.82 Å². The van der Waals surface area contributed by atoms with E-state index in [2.05, 4.69) is 15.0 Å². The Balaban J connectivity index is 2.14. The van der Waals surface area contributed by atoms with Crippen LogP contribution >= 0.6 is 0 Å². The Morgan fingerprint density at radius 3 is 2.94 bits per heavy atom.